The van der Waals surface area contributed by atoms with Crippen LogP contribution in [0.5, 0.6) is 0 Å². The first-order valence-electron chi connectivity index (χ1n) is 8.80. The van der Waals surface area contributed by atoms with Gasteiger partial charge in [-0.2, -0.15) is 0 Å². The Balaban J connectivity index is 1.57. The number of aromatic amines is 1. The second kappa shape index (κ2) is 6.77. The number of nitrogens with zero attached hydrogens (tertiary/aromatic N) is 1. The van der Waals surface area contributed by atoms with E-state index in [9.17, 15) is 9.59 Å². The van der Waals surface area contributed by atoms with Crippen LogP contribution in [0.3, 0.4) is 0 Å². The van der Waals surface area contributed by atoms with Gasteiger partial charge in [-0.05, 0) is 49.8 Å². The smallest absolute Gasteiger partial charge is 0.242 e. The van der Waals surface area contributed by atoms with E-state index in [-0.39, 0.29) is 17.9 Å². The predicted molar refractivity (Wildman–Crippen MR) is 103 cm³/mol. The van der Waals surface area contributed by atoms with E-state index in [4.69, 9.17) is 0 Å². The zero-order chi connectivity index (χ0) is 18.1. The SMILES string of the molecule is CN1CCC(c2ccccc2)C1C(=O)Nc1ccc2[nH]c(C=O)cc2c1. The molecule has 5 heteroatoms. The molecule has 0 bridgehead atoms. The van der Waals surface area contributed by atoms with Crippen LogP contribution >= 0.6 is 0 Å². The Morgan fingerprint density at radius 1 is 1.19 bits per heavy atom. The third-order valence-corrected chi connectivity index (χ3v) is 5.18. The van der Waals surface area contributed by atoms with Crippen LogP contribution in [0, 0.1) is 0 Å². The van der Waals surface area contributed by atoms with Crippen molar-refractivity contribution >= 4 is 28.8 Å². The quantitative estimate of drug-likeness (QED) is 0.711. The van der Waals surface area contributed by atoms with E-state index < -0.39 is 0 Å². The van der Waals surface area contributed by atoms with Crippen molar-refractivity contribution in [1.82, 2.24) is 9.88 Å². The van der Waals surface area contributed by atoms with Crippen LogP contribution in [0.25, 0.3) is 10.9 Å². The summed E-state index contributed by atoms with van der Waals surface area (Å²) >= 11 is 0. The van der Waals surface area contributed by atoms with Crippen LogP contribution in [0.1, 0.15) is 28.4 Å². The van der Waals surface area contributed by atoms with Crippen molar-refractivity contribution in [2.75, 3.05) is 18.9 Å². The number of hydrogen-bond donors (Lipinski definition) is 2. The summed E-state index contributed by atoms with van der Waals surface area (Å²) in [7, 11) is 2.00. The molecule has 1 aliphatic heterocycles. The molecule has 132 valence electrons. The fourth-order valence-corrected chi connectivity index (χ4v) is 3.89. The number of aldehydes is 1. The Kier molecular flexibility index (Phi) is 4.31. The Labute approximate surface area is 152 Å². The Morgan fingerprint density at radius 2 is 2.00 bits per heavy atom. The number of amides is 1. The van der Waals surface area contributed by atoms with E-state index in [2.05, 4.69) is 27.3 Å². The van der Waals surface area contributed by atoms with E-state index in [0.717, 1.165) is 35.8 Å². The van der Waals surface area contributed by atoms with Crippen LogP contribution in [-0.2, 0) is 4.79 Å². The van der Waals surface area contributed by atoms with Crippen LogP contribution in [-0.4, -0.2) is 41.7 Å². The molecule has 1 fully saturated rings. The number of anilines is 1. The minimum atomic E-state index is -0.190. The van der Waals surface area contributed by atoms with Crippen molar-refractivity contribution < 1.29 is 9.59 Å². The monoisotopic (exact) mass is 347 g/mol. The molecule has 0 aliphatic carbocycles. The summed E-state index contributed by atoms with van der Waals surface area (Å²) in [5.41, 5.74) is 3.35. The predicted octanol–water partition coefficient (Wildman–Crippen LogP) is 3.41. The van der Waals surface area contributed by atoms with E-state index >= 15 is 0 Å². The second-order valence-electron chi connectivity index (χ2n) is 6.87. The molecule has 0 spiro atoms. The van der Waals surface area contributed by atoms with Crippen molar-refractivity contribution in [3.05, 3.63) is 65.9 Å². The van der Waals surface area contributed by atoms with E-state index in [1.807, 2.05) is 43.4 Å². The van der Waals surface area contributed by atoms with Gasteiger partial charge >= 0.3 is 0 Å². The van der Waals surface area contributed by atoms with Crippen LogP contribution in [0.2, 0.25) is 0 Å². The summed E-state index contributed by atoms with van der Waals surface area (Å²) in [5.74, 6) is 0.197. The topological polar surface area (TPSA) is 65.2 Å². The lowest BCUT2D eigenvalue weighted by atomic mass is 9.91. The van der Waals surface area contributed by atoms with Crippen molar-refractivity contribution in [2.45, 2.75) is 18.4 Å². The largest absolute Gasteiger partial charge is 0.352 e. The fourth-order valence-electron chi connectivity index (χ4n) is 3.89. The molecule has 2 aromatic carbocycles. The van der Waals surface area contributed by atoms with Crippen LogP contribution in [0.4, 0.5) is 5.69 Å². The number of nitrogens with one attached hydrogen (secondary N) is 2. The van der Waals surface area contributed by atoms with Gasteiger partial charge in [0.1, 0.15) is 0 Å². The van der Waals surface area contributed by atoms with Gasteiger partial charge in [0.2, 0.25) is 5.91 Å². The van der Waals surface area contributed by atoms with Gasteiger partial charge in [-0.1, -0.05) is 30.3 Å². The molecule has 3 aromatic rings. The lowest BCUT2D eigenvalue weighted by Gasteiger charge is -2.24. The first-order valence-corrected chi connectivity index (χ1v) is 8.80. The molecule has 4 rings (SSSR count). The Hall–Kier alpha value is -2.92. The number of likely N-dealkylation sites (tertiary alicyclic amines) is 1. The zero-order valence-corrected chi connectivity index (χ0v) is 14.6. The second-order valence-corrected chi connectivity index (χ2v) is 6.87. The minimum Gasteiger partial charge on any atom is -0.352 e. The number of aromatic nitrogens is 1. The van der Waals surface area contributed by atoms with E-state index in [1.54, 1.807) is 6.07 Å². The minimum absolute atomic E-state index is 0.00403. The average Bonchev–Trinajstić information content (AvgIpc) is 3.25. The number of likely N-dealkylation sites (N-methyl/N-ethyl adjacent to an activating group) is 1. The Bertz CT molecular complexity index is 948. The summed E-state index contributed by atoms with van der Waals surface area (Å²) in [6, 6.07) is 17.5. The first kappa shape index (κ1) is 16.5. The number of fused-ring (bicyclic) bond motifs is 1. The molecule has 2 unspecified atom stereocenters. The molecule has 26 heavy (non-hydrogen) atoms. The molecule has 0 radical (unpaired) electrons. The molecular weight excluding hydrogens is 326 g/mol. The van der Waals surface area contributed by atoms with Gasteiger partial charge in [-0.3, -0.25) is 14.5 Å². The fraction of sp³-hybridized carbons (Fsp3) is 0.238. The highest BCUT2D eigenvalue weighted by Gasteiger charge is 2.38. The zero-order valence-electron chi connectivity index (χ0n) is 14.6. The maximum absolute atomic E-state index is 13.0. The molecular formula is C21H21N3O2. The highest BCUT2D eigenvalue weighted by atomic mass is 16.2. The average molecular weight is 347 g/mol. The third kappa shape index (κ3) is 3.02. The highest BCUT2D eigenvalue weighted by molar-refractivity contribution is 5.98. The number of benzene rings is 2. The van der Waals surface area contributed by atoms with Crippen molar-refractivity contribution in [2.24, 2.45) is 0 Å². The number of carbonyl (C=O) groups excluding carboxylic acids is 2. The molecule has 1 aromatic heterocycles. The maximum Gasteiger partial charge on any atom is 0.242 e. The summed E-state index contributed by atoms with van der Waals surface area (Å²) in [6.07, 6.45) is 1.76. The summed E-state index contributed by atoms with van der Waals surface area (Å²) in [5, 5.41) is 3.96. The van der Waals surface area contributed by atoms with Gasteiger partial charge in [0, 0.05) is 22.5 Å². The number of hydrogen-bond acceptors (Lipinski definition) is 3. The standard InChI is InChI=1S/C21H21N3O2/c1-24-10-9-18(14-5-3-2-4-6-14)20(24)21(26)23-16-7-8-19-15(11-16)12-17(13-25)22-19/h2-8,11-13,18,20,22H,9-10H2,1H3,(H,23,26). The molecule has 2 atom stereocenters. The van der Waals surface area contributed by atoms with Gasteiger partial charge in [0.25, 0.3) is 0 Å². The summed E-state index contributed by atoms with van der Waals surface area (Å²) in [4.78, 5) is 29.0. The first-order chi connectivity index (χ1) is 12.7. The molecule has 2 N–H and O–H groups in total. The molecule has 1 saturated heterocycles. The molecule has 1 aliphatic rings. The third-order valence-electron chi connectivity index (χ3n) is 5.18. The molecule has 1 amide bonds. The number of rotatable bonds is 4. The lowest BCUT2D eigenvalue weighted by Crippen LogP contribution is -2.40. The van der Waals surface area contributed by atoms with E-state index in [1.165, 1.54) is 5.56 Å². The maximum atomic E-state index is 13.0. The van der Waals surface area contributed by atoms with Crippen LogP contribution in [0.15, 0.2) is 54.6 Å². The normalized spacial score (nSPS) is 20.3. The van der Waals surface area contributed by atoms with Crippen LogP contribution < -0.4 is 5.32 Å². The summed E-state index contributed by atoms with van der Waals surface area (Å²) in [6.45, 7) is 0.900. The Morgan fingerprint density at radius 3 is 2.77 bits per heavy atom. The van der Waals surface area contributed by atoms with Gasteiger partial charge < -0.3 is 10.3 Å². The molecule has 2 heterocycles. The number of H-pyrrole nitrogens is 1. The summed E-state index contributed by atoms with van der Waals surface area (Å²) < 4.78 is 0. The highest BCUT2D eigenvalue weighted by Crippen LogP contribution is 2.33. The molecule has 5 nitrogen and oxygen atoms in total. The molecule has 0 saturated carbocycles. The van der Waals surface area contributed by atoms with Crippen molar-refractivity contribution in [3.63, 3.8) is 0 Å². The van der Waals surface area contributed by atoms with Gasteiger partial charge in [-0.15, -0.1) is 0 Å². The van der Waals surface area contributed by atoms with Gasteiger partial charge in [-0.25, -0.2) is 0 Å². The van der Waals surface area contributed by atoms with Gasteiger partial charge in [0.05, 0.1) is 11.7 Å². The van der Waals surface area contributed by atoms with Gasteiger partial charge in [0.15, 0.2) is 6.29 Å². The van der Waals surface area contributed by atoms with Crippen molar-refractivity contribution in [1.29, 1.82) is 0 Å². The van der Waals surface area contributed by atoms with Crippen molar-refractivity contribution in [3.8, 4) is 0 Å². The lowest BCUT2D eigenvalue weighted by molar-refractivity contribution is -0.120. The van der Waals surface area contributed by atoms with E-state index in [0.29, 0.717) is 5.69 Å². The number of carbonyl (C=O) groups is 2.